The molecular weight excluding hydrogens is 234 g/mol. The first-order valence-corrected chi connectivity index (χ1v) is 5.34. The molecule has 0 unspecified atom stereocenters. The van der Waals surface area contributed by atoms with Crippen LogP contribution in [0.15, 0.2) is 44.1 Å². The van der Waals surface area contributed by atoms with Gasteiger partial charge in [0.05, 0.1) is 5.69 Å². The summed E-state index contributed by atoms with van der Waals surface area (Å²) < 4.78 is 10.2. The van der Waals surface area contributed by atoms with Crippen LogP contribution in [0.3, 0.4) is 0 Å². The van der Waals surface area contributed by atoms with Crippen LogP contribution in [0.2, 0.25) is 0 Å². The highest BCUT2D eigenvalue weighted by Gasteiger charge is 2.12. The molecular formula is C13H9NO4. The number of hydrogen-bond donors (Lipinski definition) is 1. The van der Waals surface area contributed by atoms with Gasteiger partial charge in [0.1, 0.15) is 16.9 Å². The Morgan fingerprint density at radius 1 is 1.22 bits per heavy atom. The first-order chi connectivity index (χ1) is 8.63. The van der Waals surface area contributed by atoms with Crippen molar-refractivity contribution in [3.05, 3.63) is 46.4 Å². The van der Waals surface area contributed by atoms with Gasteiger partial charge in [-0.05, 0) is 25.1 Å². The maximum absolute atomic E-state index is 11.8. The lowest BCUT2D eigenvalue weighted by atomic mass is 10.1. The second kappa shape index (κ2) is 3.73. The van der Waals surface area contributed by atoms with E-state index in [0.717, 1.165) is 0 Å². The van der Waals surface area contributed by atoms with Gasteiger partial charge < -0.3 is 14.0 Å². The van der Waals surface area contributed by atoms with E-state index in [2.05, 4.69) is 5.16 Å². The molecule has 0 atom stereocenters. The second-order valence-corrected chi connectivity index (χ2v) is 4.00. The lowest BCUT2D eigenvalue weighted by Gasteiger charge is -1.99. The number of phenolic OH excluding ortho intramolecular Hbond substituents is 1. The molecule has 5 nitrogen and oxygen atoms in total. The summed E-state index contributed by atoms with van der Waals surface area (Å²) in [6.45, 7) is 1.77. The lowest BCUT2D eigenvalue weighted by Crippen LogP contribution is -2.01. The molecule has 2 heterocycles. The standard InChI is InChI=1S/C13H9NO4/c1-7-4-12(18-14-7)10-5-8-2-3-9(15)6-11(8)17-13(10)16/h2-6,15H,1H3. The van der Waals surface area contributed by atoms with Crippen LogP contribution < -0.4 is 5.63 Å². The molecule has 0 fully saturated rings. The SMILES string of the molecule is Cc1cc(-c2cc3ccc(O)cc3oc2=O)on1. The van der Waals surface area contributed by atoms with E-state index in [4.69, 9.17) is 8.94 Å². The zero-order chi connectivity index (χ0) is 12.7. The van der Waals surface area contributed by atoms with Gasteiger partial charge in [0.25, 0.3) is 0 Å². The number of aromatic hydroxyl groups is 1. The fourth-order valence-corrected chi connectivity index (χ4v) is 1.76. The molecule has 3 aromatic rings. The Bertz CT molecular complexity index is 785. The normalized spacial score (nSPS) is 10.9. The van der Waals surface area contributed by atoms with Crippen LogP contribution in [0.5, 0.6) is 5.75 Å². The molecule has 0 aliphatic heterocycles. The Balaban J connectivity index is 2.28. The van der Waals surface area contributed by atoms with E-state index in [1.807, 2.05) is 0 Å². The van der Waals surface area contributed by atoms with Gasteiger partial charge in [-0.25, -0.2) is 4.79 Å². The van der Waals surface area contributed by atoms with Gasteiger partial charge >= 0.3 is 5.63 Å². The van der Waals surface area contributed by atoms with E-state index in [0.29, 0.717) is 28.0 Å². The number of fused-ring (bicyclic) bond motifs is 1. The Kier molecular flexibility index (Phi) is 2.19. The summed E-state index contributed by atoms with van der Waals surface area (Å²) in [6, 6.07) is 7.91. The van der Waals surface area contributed by atoms with Gasteiger partial charge in [-0.2, -0.15) is 0 Å². The van der Waals surface area contributed by atoms with Crippen LogP contribution in [-0.4, -0.2) is 10.3 Å². The monoisotopic (exact) mass is 243 g/mol. The predicted molar refractivity (Wildman–Crippen MR) is 64.4 cm³/mol. The van der Waals surface area contributed by atoms with Crippen molar-refractivity contribution >= 4 is 11.0 Å². The number of aryl methyl sites for hydroxylation is 1. The minimum Gasteiger partial charge on any atom is -0.508 e. The van der Waals surface area contributed by atoms with Crippen molar-refractivity contribution in [2.45, 2.75) is 6.92 Å². The minimum absolute atomic E-state index is 0.0499. The van der Waals surface area contributed by atoms with Gasteiger partial charge in [-0.1, -0.05) is 5.16 Å². The van der Waals surface area contributed by atoms with Crippen LogP contribution >= 0.6 is 0 Å². The molecule has 0 saturated carbocycles. The van der Waals surface area contributed by atoms with Gasteiger partial charge in [0.15, 0.2) is 5.76 Å². The molecule has 0 bridgehead atoms. The summed E-state index contributed by atoms with van der Waals surface area (Å²) >= 11 is 0. The molecule has 1 N–H and O–H groups in total. The zero-order valence-electron chi connectivity index (χ0n) is 9.51. The maximum atomic E-state index is 11.8. The number of aromatic nitrogens is 1. The van der Waals surface area contributed by atoms with Crippen molar-refractivity contribution in [3.63, 3.8) is 0 Å². The fraction of sp³-hybridized carbons (Fsp3) is 0.0769. The minimum atomic E-state index is -0.524. The average molecular weight is 243 g/mol. The highest BCUT2D eigenvalue weighted by molar-refractivity contribution is 5.81. The largest absolute Gasteiger partial charge is 0.508 e. The molecule has 2 aromatic heterocycles. The van der Waals surface area contributed by atoms with Gasteiger partial charge in [0, 0.05) is 17.5 Å². The van der Waals surface area contributed by atoms with E-state index in [9.17, 15) is 9.90 Å². The summed E-state index contributed by atoms with van der Waals surface area (Å²) in [5.41, 5.74) is 0.813. The third-order valence-corrected chi connectivity index (χ3v) is 2.61. The highest BCUT2D eigenvalue weighted by Crippen LogP contribution is 2.24. The molecule has 0 spiro atoms. The van der Waals surface area contributed by atoms with Crippen molar-refractivity contribution in [1.82, 2.24) is 5.16 Å². The van der Waals surface area contributed by atoms with Crippen molar-refractivity contribution in [2.24, 2.45) is 0 Å². The van der Waals surface area contributed by atoms with E-state index < -0.39 is 5.63 Å². The molecule has 0 aliphatic rings. The van der Waals surface area contributed by atoms with E-state index in [1.165, 1.54) is 12.1 Å². The first-order valence-electron chi connectivity index (χ1n) is 5.34. The Morgan fingerprint density at radius 2 is 2.06 bits per heavy atom. The van der Waals surface area contributed by atoms with Crippen molar-refractivity contribution in [1.29, 1.82) is 0 Å². The number of benzene rings is 1. The number of phenols is 1. The quantitative estimate of drug-likeness (QED) is 0.664. The molecule has 0 saturated heterocycles. The van der Waals surface area contributed by atoms with Crippen LogP contribution in [0.25, 0.3) is 22.3 Å². The third-order valence-electron chi connectivity index (χ3n) is 2.61. The average Bonchev–Trinajstić information content (AvgIpc) is 2.74. The van der Waals surface area contributed by atoms with Crippen molar-refractivity contribution < 1.29 is 14.0 Å². The molecule has 0 aliphatic carbocycles. The van der Waals surface area contributed by atoms with Crippen molar-refractivity contribution in [2.75, 3.05) is 0 Å². The van der Waals surface area contributed by atoms with Gasteiger partial charge in [0.2, 0.25) is 0 Å². The Morgan fingerprint density at radius 3 is 2.78 bits per heavy atom. The topological polar surface area (TPSA) is 76.5 Å². The highest BCUT2D eigenvalue weighted by atomic mass is 16.5. The summed E-state index contributed by atoms with van der Waals surface area (Å²) in [5, 5.41) is 13.8. The molecule has 0 amide bonds. The first kappa shape index (κ1) is 10.6. The summed E-state index contributed by atoms with van der Waals surface area (Å²) in [5.74, 6) is 0.421. The fourth-order valence-electron chi connectivity index (χ4n) is 1.76. The second-order valence-electron chi connectivity index (χ2n) is 4.00. The van der Waals surface area contributed by atoms with E-state index in [1.54, 1.807) is 25.1 Å². The summed E-state index contributed by atoms with van der Waals surface area (Å²) in [6.07, 6.45) is 0. The number of rotatable bonds is 1. The molecule has 1 aromatic carbocycles. The molecule has 3 rings (SSSR count). The van der Waals surface area contributed by atoms with Crippen LogP contribution in [0.4, 0.5) is 0 Å². The predicted octanol–water partition coefficient (Wildman–Crippen LogP) is 2.46. The molecule has 0 radical (unpaired) electrons. The Hall–Kier alpha value is -2.56. The van der Waals surface area contributed by atoms with Gasteiger partial charge in [-0.3, -0.25) is 0 Å². The Labute approximate surface area is 101 Å². The third kappa shape index (κ3) is 1.66. The van der Waals surface area contributed by atoms with Crippen LogP contribution in [0, 0.1) is 6.92 Å². The zero-order valence-corrected chi connectivity index (χ0v) is 9.51. The van der Waals surface area contributed by atoms with Crippen LogP contribution in [-0.2, 0) is 0 Å². The number of nitrogens with zero attached hydrogens (tertiary/aromatic N) is 1. The molecule has 90 valence electrons. The molecule has 18 heavy (non-hydrogen) atoms. The number of hydrogen-bond acceptors (Lipinski definition) is 5. The van der Waals surface area contributed by atoms with E-state index in [-0.39, 0.29) is 5.75 Å². The molecule has 5 heteroatoms. The van der Waals surface area contributed by atoms with Crippen molar-refractivity contribution in [3.8, 4) is 17.1 Å². The van der Waals surface area contributed by atoms with Crippen LogP contribution in [0.1, 0.15) is 5.69 Å². The summed E-state index contributed by atoms with van der Waals surface area (Å²) in [4.78, 5) is 11.8. The summed E-state index contributed by atoms with van der Waals surface area (Å²) in [7, 11) is 0. The smallest absolute Gasteiger partial charge is 0.347 e. The van der Waals surface area contributed by atoms with E-state index >= 15 is 0 Å². The lowest BCUT2D eigenvalue weighted by molar-refractivity contribution is 0.424. The van der Waals surface area contributed by atoms with Gasteiger partial charge in [-0.15, -0.1) is 0 Å². The maximum Gasteiger partial charge on any atom is 0.347 e.